The summed E-state index contributed by atoms with van der Waals surface area (Å²) in [6, 6.07) is 10.0. The standard InChI is InChI=1S/C5H5.2CH3.Sm/c1-2-4-5-3-1;;;/h1-5H;2*1H3;/q3*-1;+3. The zero-order valence-corrected chi connectivity index (χ0v) is 7.91. The predicted molar refractivity (Wildman–Crippen MR) is 34.9 cm³/mol. The van der Waals surface area contributed by atoms with E-state index >= 15 is 0 Å². The van der Waals surface area contributed by atoms with Crippen LogP contribution in [0.3, 0.4) is 0 Å². The van der Waals surface area contributed by atoms with Crippen molar-refractivity contribution in [1.82, 2.24) is 0 Å². The summed E-state index contributed by atoms with van der Waals surface area (Å²) in [5.74, 6) is 0. The van der Waals surface area contributed by atoms with Crippen LogP contribution in [-0.4, -0.2) is 0 Å². The molecule has 0 bridgehead atoms. The van der Waals surface area contributed by atoms with E-state index in [-0.39, 0.29) is 55.2 Å². The second-order valence-electron chi connectivity index (χ2n) is 0.962. The van der Waals surface area contributed by atoms with Gasteiger partial charge in [0.15, 0.2) is 0 Å². The van der Waals surface area contributed by atoms with Crippen molar-refractivity contribution in [3.8, 4) is 0 Å². The maximum atomic E-state index is 2.00. The molecule has 1 radical (unpaired) electrons. The first-order valence-corrected chi connectivity index (χ1v) is 1.67. The first-order valence-electron chi connectivity index (χ1n) is 1.67. The zero-order chi connectivity index (χ0) is 3.54. The Bertz CT molecular complexity index is 60.9. The molecule has 1 aromatic rings. The average molecular weight is 246 g/mol. The van der Waals surface area contributed by atoms with E-state index in [1.54, 1.807) is 0 Å². The zero-order valence-electron chi connectivity index (χ0n) is 5.29. The number of hydrogen-bond acceptors (Lipinski definition) is 0. The van der Waals surface area contributed by atoms with Gasteiger partial charge in [-0.1, -0.05) is 0 Å². The van der Waals surface area contributed by atoms with Crippen LogP contribution in [0.4, 0.5) is 0 Å². The molecule has 0 saturated carbocycles. The third kappa shape index (κ3) is 6.69. The molecular formula is C7H11Sm. The van der Waals surface area contributed by atoms with Gasteiger partial charge >= 0.3 is 40.4 Å². The van der Waals surface area contributed by atoms with E-state index in [1.165, 1.54) is 0 Å². The molecule has 1 heteroatoms. The summed E-state index contributed by atoms with van der Waals surface area (Å²) >= 11 is 0. The van der Waals surface area contributed by atoms with Crippen LogP contribution in [0.1, 0.15) is 0 Å². The van der Waals surface area contributed by atoms with Crippen LogP contribution in [0, 0.1) is 55.2 Å². The summed E-state index contributed by atoms with van der Waals surface area (Å²) in [5, 5.41) is 0. The van der Waals surface area contributed by atoms with Gasteiger partial charge in [0.25, 0.3) is 0 Å². The Morgan fingerprint density at radius 3 is 1.38 bits per heavy atom. The minimum absolute atomic E-state index is 0. The van der Waals surface area contributed by atoms with Crippen LogP contribution in [0.25, 0.3) is 0 Å². The molecule has 0 N–H and O–H groups in total. The van der Waals surface area contributed by atoms with E-state index < -0.39 is 0 Å². The molecule has 8 heavy (non-hydrogen) atoms. The van der Waals surface area contributed by atoms with Crippen molar-refractivity contribution in [2.24, 2.45) is 0 Å². The maximum Gasteiger partial charge on any atom is 3.00 e. The van der Waals surface area contributed by atoms with Crippen molar-refractivity contribution in [3.05, 3.63) is 45.2 Å². The van der Waals surface area contributed by atoms with Crippen molar-refractivity contribution in [1.29, 1.82) is 0 Å². The molecule has 0 saturated heterocycles. The first kappa shape index (κ1) is 15.9. The van der Waals surface area contributed by atoms with Gasteiger partial charge in [0, 0.05) is 0 Å². The Balaban J connectivity index is -0.0000000833. The third-order valence-corrected chi connectivity index (χ3v) is 0.556. The molecule has 0 nitrogen and oxygen atoms in total. The van der Waals surface area contributed by atoms with Gasteiger partial charge in [-0.3, -0.25) is 0 Å². The largest absolute Gasteiger partial charge is 3.00 e. The van der Waals surface area contributed by atoms with E-state index in [1.807, 2.05) is 30.3 Å². The van der Waals surface area contributed by atoms with E-state index in [0.717, 1.165) is 0 Å². The Hall–Kier alpha value is 0.688. The van der Waals surface area contributed by atoms with Crippen molar-refractivity contribution in [2.75, 3.05) is 0 Å². The van der Waals surface area contributed by atoms with E-state index in [0.29, 0.717) is 0 Å². The molecule has 0 fully saturated rings. The molecule has 0 atom stereocenters. The minimum atomic E-state index is 0. The van der Waals surface area contributed by atoms with Gasteiger partial charge < -0.3 is 14.9 Å². The molecular weight excluding hydrogens is 234 g/mol. The molecule has 0 aromatic heterocycles. The van der Waals surface area contributed by atoms with Gasteiger partial charge in [0.2, 0.25) is 0 Å². The minimum Gasteiger partial charge on any atom is -0.358 e. The molecule has 0 heterocycles. The summed E-state index contributed by atoms with van der Waals surface area (Å²) in [5.41, 5.74) is 0. The molecule has 0 amide bonds. The molecule has 0 aliphatic carbocycles. The van der Waals surface area contributed by atoms with E-state index in [2.05, 4.69) is 0 Å². The summed E-state index contributed by atoms with van der Waals surface area (Å²) < 4.78 is 0. The fourth-order valence-electron chi connectivity index (χ4n) is 0.321. The van der Waals surface area contributed by atoms with Crippen LogP contribution < -0.4 is 0 Å². The van der Waals surface area contributed by atoms with Gasteiger partial charge in [-0.2, -0.15) is 18.2 Å². The monoisotopic (exact) mass is 247 g/mol. The van der Waals surface area contributed by atoms with Crippen LogP contribution in [0.2, 0.25) is 0 Å². The number of rotatable bonds is 0. The van der Waals surface area contributed by atoms with Crippen molar-refractivity contribution < 1.29 is 40.4 Å². The summed E-state index contributed by atoms with van der Waals surface area (Å²) in [4.78, 5) is 0. The van der Waals surface area contributed by atoms with Crippen molar-refractivity contribution >= 4 is 0 Å². The van der Waals surface area contributed by atoms with Crippen LogP contribution in [0.5, 0.6) is 0 Å². The molecule has 1 rings (SSSR count). The second kappa shape index (κ2) is 10.6. The average Bonchev–Trinajstić information content (AvgIpc) is 1.76. The predicted octanol–water partition coefficient (Wildman–Crippen LogP) is 2.31. The van der Waals surface area contributed by atoms with Gasteiger partial charge in [0.1, 0.15) is 0 Å². The summed E-state index contributed by atoms with van der Waals surface area (Å²) in [6.07, 6.45) is 0. The Morgan fingerprint density at radius 1 is 0.875 bits per heavy atom. The molecule has 0 aliphatic rings. The molecule has 0 unspecified atom stereocenters. The fraction of sp³-hybridized carbons (Fsp3) is 0. The van der Waals surface area contributed by atoms with Crippen molar-refractivity contribution in [3.63, 3.8) is 0 Å². The quantitative estimate of drug-likeness (QED) is 0.615. The molecule has 0 aliphatic heterocycles. The Morgan fingerprint density at radius 2 is 1.25 bits per heavy atom. The third-order valence-electron chi connectivity index (χ3n) is 0.556. The summed E-state index contributed by atoms with van der Waals surface area (Å²) in [7, 11) is 0. The Kier molecular flexibility index (Phi) is 21.1. The molecule has 1 aromatic carbocycles. The van der Waals surface area contributed by atoms with Crippen LogP contribution >= 0.6 is 0 Å². The van der Waals surface area contributed by atoms with Gasteiger partial charge in [-0.05, 0) is 0 Å². The molecule has 0 spiro atoms. The van der Waals surface area contributed by atoms with E-state index in [4.69, 9.17) is 0 Å². The number of hydrogen-bond donors (Lipinski definition) is 0. The fourth-order valence-corrected chi connectivity index (χ4v) is 0.321. The Labute approximate surface area is 84.8 Å². The van der Waals surface area contributed by atoms with Crippen molar-refractivity contribution in [2.45, 2.75) is 0 Å². The van der Waals surface area contributed by atoms with Gasteiger partial charge in [-0.25, -0.2) is 12.1 Å². The molecule has 45 valence electrons. The van der Waals surface area contributed by atoms with E-state index in [9.17, 15) is 0 Å². The normalized spacial score (nSPS) is 5.00. The maximum absolute atomic E-state index is 2.00. The SMILES string of the molecule is [CH3-].[CH3-].[Sm+3].c1cc[cH-]c1. The van der Waals surface area contributed by atoms with Gasteiger partial charge in [0.05, 0.1) is 0 Å². The first-order chi connectivity index (χ1) is 2.50. The smallest absolute Gasteiger partial charge is 0.358 e. The second-order valence-corrected chi connectivity index (χ2v) is 0.962. The topological polar surface area (TPSA) is 0 Å². The summed E-state index contributed by atoms with van der Waals surface area (Å²) in [6.45, 7) is 0. The van der Waals surface area contributed by atoms with Gasteiger partial charge in [-0.15, -0.1) is 0 Å². The van der Waals surface area contributed by atoms with Crippen LogP contribution in [-0.2, 0) is 0 Å². The van der Waals surface area contributed by atoms with Crippen LogP contribution in [0.15, 0.2) is 30.3 Å².